The molecule has 0 saturated heterocycles. The van der Waals surface area contributed by atoms with Crippen LogP contribution in [0.3, 0.4) is 0 Å². The van der Waals surface area contributed by atoms with Crippen LogP contribution >= 0.6 is 0 Å². The third-order valence-corrected chi connectivity index (χ3v) is 4.69. The molecule has 30 heavy (non-hydrogen) atoms. The van der Waals surface area contributed by atoms with E-state index in [0.717, 1.165) is 5.56 Å². The number of hydrogen-bond acceptors (Lipinski definition) is 5. The maximum Gasteiger partial charge on any atom is 0.433 e. The van der Waals surface area contributed by atoms with Crippen molar-refractivity contribution in [3.8, 4) is 17.7 Å². The number of halogens is 3. The van der Waals surface area contributed by atoms with Gasteiger partial charge in [0.25, 0.3) is 0 Å². The lowest BCUT2D eigenvalue weighted by atomic mass is 9.83. The summed E-state index contributed by atoms with van der Waals surface area (Å²) in [6, 6.07) is 17.8. The molecule has 152 valence electrons. The van der Waals surface area contributed by atoms with Crippen molar-refractivity contribution >= 4 is 0 Å². The number of nitrogens with two attached hydrogens (primary N) is 1. The van der Waals surface area contributed by atoms with Crippen LogP contribution in [0.1, 0.15) is 28.3 Å². The summed E-state index contributed by atoms with van der Waals surface area (Å²) in [5, 5.41) is 15.2. The van der Waals surface area contributed by atoms with Gasteiger partial charge in [-0.15, -0.1) is 5.10 Å². The van der Waals surface area contributed by atoms with Crippen molar-refractivity contribution in [2.24, 2.45) is 5.73 Å². The minimum atomic E-state index is -4.73. The maximum absolute atomic E-state index is 13.6. The number of nitrogens with one attached hydrogen (secondary N) is 1. The summed E-state index contributed by atoms with van der Waals surface area (Å²) in [5.41, 5.74) is 5.51. The second-order valence-corrected chi connectivity index (χ2v) is 6.55. The summed E-state index contributed by atoms with van der Waals surface area (Å²) in [6.45, 7) is 0.201. The molecule has 6 nitrogen and oxygen atoms in total. The Kier molecular flexibility index (Phi) is 4.83. The van der Waals surface area contributed by atoms with Crippen LogP contribution in [0.15, 0.2) is 66.1 Å². The second kappa shape index (κ2) is 7.48. The van der Waals surface area contributed by atoms with Gasteiger partial charge in [-0.2, -0.15) is 18.4 Å². The minimum absolute atomic E-state index is 0.148. The predicted molar refractivity (Wildman–Crippen MR) is 100 cm³/mol. The number of alkyl halides is 3. The molecule has 0 fully saturated rings. The first kappa shape index (κ1) is 19.4. The monoisotopic (exact) mass is 412 g/mol. The zero-order chi connectivity index (χ0) is 21.3. The predicted octanol–water partition coefficient (Wildman–Crippen LogP) is 4.23. The van der Waals surface area contributed by atoms with Crippen LogP contribution in [0.2, 0.25) is 0 Å². The molecular weight excluding hydrogens is 397 g/mol. The van der Waals surface area contributed by atoms with Crippen molar-refractivity contribution in [2.75, 3.05) is 0 Å². The zero-order valence-corrected chi connectivity index (χ0v) is 15.4. The van der Waals surface area contributed by atoms with E-state index in [0.29, 0.717) is 11.3 Å². The summed E-state index contributed by atoms with van der Waals surface area (Å²) >= 11 is 0. The summed E-state index contributed by atoms with van der Waals surface area (Å²) in [4.78, 5) is 0. The van der Waals surface area contributed by atoms with Gasteiger partial charge in [-0.25, -0.2) is 0 Å². The largest absolute Gasteiger partial charge is 0.489 e. The Morgan fingerprint density at radius 2 is 1.83 bits per heavy atom. The number of nitrogens with zero attached hydrogens (tertiary/aromatic N) is 2. The molecule has 0 bridgehead atoms. The van der Waals surface area contributed by atoms with E-state index in [1.165, 1.54) is 0 Å². The lowest BCUT2D eigenvalue weighted by Gasteiger charge is -2.26. The quantitative estimate of drug-likeness (QED) is 0.669. The van der Waals surface area contributed by atoms with E-state index in [-0.39, 0.29) is 29.5 Å². The summed E-state index contributed by atoms with van der Waals surface area (Å²) in [7, 11) is 0. The SMILES string of the molecule is N#CC1=C(N)Oc2n[nH]c(C(F)(F)F)c2[C@H]1c1ccccc1OCc1ccccc1. The standard InChI is InChI=1S/C21H15F3N4O2/c22-21(23,24)18-17-16(14(10-25)19(26)30-20(17)28-27-18)13-8-4-5-9-15(13)29-11-12-6-2-1-3-7-12/h1-9,16H,11,26H2,(H,27,28)/t16-/m0/s1. The van der Waals surface area contributed by atoms with Crippen molar-refractivity contribution < 1.29 is 22.6 Å². The lowest BCUT2D eigenvalue weighted by Crippen LogP contribution is -2.23. The third-order valence-electron chi connectivity index (χ3n) is 4.69. The number of nitriles is 1. The van der Waals surface area contributed by atoms with Gasteiger partial charge >= 0.3 is 6.18 Å². The molecule has 4 rings (SSSR count). The molecule has 1 atom stereocenters. The van der Waals surface area contributed by atoms with E-state index in [1.807, 2.05) is 41.5 Å². The Bertz CT molecular complexity index is 1150. The highest BCUT2D eigenvalue weighted by atomic mass is 19.4. The van der Waals surface area contributed by atoms with Crippen molar-refractivity contribution in [3.05, 3.63) is 88.4 Å². The van der Waals surface area contributed by atoms with Gasteiger partial charge in [0.2, 0.25) is 11.8 Å². The first-order valence-electron chi connectivity index (χ1n) is 8.89. The molecule has 3 N–H and O–H groups in total. The van der Waals surface area contributed by atoms with Crippen LogP contribution in [0.25, 0.3) is 0 Å². The number of hydrogen-bond donors (Lipinski definition) is 2. The number of rotatable bonds is 4. The first-order chi connectivity index (χ1) is 14.4. The van der Waals surface area contributed by atoms with E-state index in [9.17, 15) is 18.4 Å². The number of aromatic nitrogens is 2. The van der Waals surface area contributed by atoms with Gasteiger partial charge in [-0.3, -0.25) is 5.10 Å². The Morgan fingerprint density at radius 1 is 1.13 bits per heavy atom. The topological polar surface area (TPSA) is 97.0 Å². The number of aromatic amines is 1. The summed E-state index contributed by atoms with van der Waals surface area (Å²) in [6.07, 6.45) is -4.73. The van der Waals surface area contributed by atoms with Crippen molar-refractivity contribution in [3.63, 3.8) is 0 Å². The number of para-hydroxylation sites is 1. The Balaban J connectivity index is 1.82. The van der Waals surface area contributed by atoms with Crippen molar-refractivity contribution in [1.82, 2.24) is 10.2 Å². The minimum Gasteiger partial charge on any atom is -0.489 e. The third kappa shape index (κ3) is 3.43. The number of H-pyrrole nitrogens is 1. The molecule has 0 aliphatic carbocycles. The van der Waals surface area contributed by atoms with Crippen LogP contribution in [0.4, 0.5) is 13.2 Å². The molecule has 0 amide bonds. The van der Waals surface area contributed by atoms with Gasteiger partial charge in [0, 0.05) is 5.56 Å². The number of allylic oxidation sites excluding steroid dienone is 1. The van der Waals surface area contributed by atoms with E-state index in [4.69, 9.17) is 15.2 Å². The average Bonchev–Trinajstić information content (AvgIpc) is 3.16. The zero-order valence-electron chi connectivity index (χ0n) is 15.4. The van der Waals surface area contributed by atoms with Gasteiger partial charge in [-0.05, 0) is 11.6 Å². The van der Waals surface area contributed by atoms with E-state index >= 15 is 0 Å². The molecule has 3 aromatic rings. The van der Waals surface area contributed by atoms with Gasteiger partial charge in [0.1, 0.15) is 29.7 Å². The number of fused-ring (bicyclic) bond motifs is 1. The van der Waals surface area contributed by atoms with Crippen molar-refractivity contribution in [2.45, 2.75) is 18.7 Å². The van der Waals surface area contributed by atoms with Gasteiger partial charge in [0.15, 0.2) is 0 Å². The number of benzene rings is 2. The van der Waals surface area contributed by atoms with Crippen LogP contribution in [0.5, 0.6) is 11.6 Å². The maximum atomic E-state index is 13.6. The van der Waals surface area contributed by atoms with Crippen LogP contribution in [0, 0.1) is 11.3 Å². The first-order valence-corrected chi connectivity index (χ1v) is 8.89. The fraction of sp³-hybridized carbons (Fsp3) is 0.143. The molecule has 2 aromatic carbocycles. The van der Waals surface area contributed by atoms with Gasteiger partial charge in [0.05, 0.1) is 11.5 Å². The molecule has 0 radical (unpaired) electrons. The summed E-state index contributed by atoms with van der Waals surface area (Å²) < 4.78 is 51.9. The van der Waals surface area contributed by atoms with E-state index < -0.39 is 17.8 Å². The highest BCUT2D eigenvalue weighted by Crippen LogP contribution is 2.48. The molecule has 9 heteroatoms. The van der Waals surface area contributed by atoms with Crippen LogP contribution < -0.4 is 15.2 Å². The molecule has 0 spiro atoms. The fourth-order valence-electron chi connectivity index (χ4n) is 3.36. The molecule has 1 aliphatic rings. The van der Waals surface area contributed by atoms with E-state index in [2.05, 4.69) is 5.10 Å². The second-order valence-electron chi connectivity index (χ2n) is 6.55. The molecule has 2 heterocycles. The van der Waals surface area contributed by atoms with Gasteiger partial charge < -0.3 is 15.2 Å². The Hall–Kier alpha value is -3.93. The van der Waals surface area contributed by atoms with Gasteiger partial charge in [-0.1, -0.05) is 48.5 Å². The lowest BCUT2D eigenvalue weighted by molar-refractivity contribution is -0.141. The summed E-state index contributed by atoms with van der Waals surface area (Å²) in [5.74, 6) is -1.44. The highest BCUT2D eigenvalue weighted by Gasteiger charge is 2.45. The molecular formula is C21H15F3N4O2. The normalized spacial score (nSPS) is 15.9. The molecule has 1 aliphatic heterocycles. The molecule has 0 unspecified atom stereocenters. The fourth-order valence-corrected chi connectivity index (χ4v) is 3.36. The molecule has 1 aromatic heterocycles. The van der Waals surface area contributed by atoms with Crippen LogP contribution in [-0.4, -0.2) is 10.2 Å². The highest BCUT2D eigenvalue weighted by molar-refractivity contribution is 5.58. The Labute approximate surface area is 169 Å². The van der Waals surface area contributed by atoms with E-state index in [1.54, 1.807) is 24.3 Å². The smallest absolute Gasteiger partial charge is 0.433 e. The number of ether oxygens (including phenoxy) is 2. The Morgan fingerprint density at radius 3 is 2.53 bits per heavy atom. The average molecular weight is 412 g/mol. The van der Waals surface area contributed by atoms with Crippen molar-refractivity contribution in [1.29, 1.82) is 5.26 Å². The molecule has 0 saturated carbocycles. The van der Waals surface area contributed by atoms with Crippen LogP contribution in [-0.2, 0) is 12.8 Å².